The van der Waals surface area contributed by atoms with E-state index < -0.39 is 23.8 Å². The molecule has 0 saturated carbocycles. The summed E-state index contributed by atoms with van der Waals surface area (Å²) < 4.78 is 0. The molecule has 0 spiro atoms. The molecule has 0 aliphatic rings. The van der Waals surface area contributed by atoms with Gasteiger partial charge in [0.2, 0.25) is 0 Å². The van der Waals surface area contributed by atoms with Crippen molar-refractivity contribution in [3.05, 3.63) is 35.9 Å². The topological polar surface area (TPSA) is 60.8 Å². The second-order valence-corrected chi connectivity index (χ2v) is 5.99. The van der Waals surface area contributed by atoms with Gasteiger partial charge in [-0.15, -0.1) is 12.3 Å². The van der Waals surface area contributed by atoms with Gasteiger partial charge in [-0.2, -0.15) is 0 Å². The molecular formula is C17H23NO3. The maximum Gasteiger partial charge on any atom is 0.408 e. The Morgan fingerprint density at radius 3 is 2.33 bits per heavy atom. The lowest BCUT2D eigenvalue weighted by atomic mass is 9.93. The van der Waals surface area contributed by atoms with Crippen molar-refractivity contribution in [3.63, 3.8) is 0 Å². The lowest BCUT2D eigenvalue weighted by molar-refractivity contribution is 0.00338. The standard InChI is InChI=1S/C17H23NO3/c1-5-6-12-14(18(16(20)21)17(2,3)4)15(19)13-10-8-7-9-11-13/h1,7-11,14-15,19H,6,12H2,2-4H3,(H,20,21). The van der Waals surface area contributed by atoms with Crippen LogP contribution in [0.2, 0.25) is 0 Å². The average Bonchev–Trinajstić information content (AvgIpc) is 2.41. The van der Waals surface area contributed by atoms with Gasteiger partial charge in [0.05, 0.1) is 12.1 Å². The summed E-state index contributed by atoms with van der Waals surface area (Å²) in [6, 6.07) is 8.48. The first-order chi connectivity index (χ1) is 9.79. The zero-order valence-corrected chi connectivity index (χ0v) is 12.8. The first kappa shape index (κ1) is 17.1. The van der Waals surface area contributed by atoms with Gasteiger partial charge in [-0.05, 0) is 32.8 Å². The second kappa shape index (κ2) is 7.14. The van der Waals surface area contributed by atoms with E-state index in [9.17, 15) is 15.0 Å². The van der Waals surface area contributed by atoms with E-state index in [1.54, 1.807) is 12.1 Å². The molecule has 0 radical (unpaired) electrons. The maximum absolute atomic E-state index is 11.6. The number of carboxylic acid groups (broad SMARTS) is 1. The smallest absolute Gasteiger partial charge is 0.408 e. The van der Waals surface area contributed by atoms with E-state index in [0.29, 0.717) is 18.4 Å². The van der Waals surface area contributed by atoms with Crippen molar-refractivity contribution < 1.29 is 15.0 Å². The predicted octanol–water partition coefficient (Wildman–Crippen LogP) is 3.28. The van der Waals surface area contributed by atoms with Crippen molar-refractivity contribution in [2.75, 3.05) is 0 Å². The summed E-state index contributed by atoms with van der Waals surface area (Å²) in [5, 5.41) is 20.2. The highest BCUT2D eigenvalue weighted by Gasteiger charge is 2.37. The van der Waals surface area contributed by atoms with Gasteiger partial charge in [0.25, 0.3) is 0 Å². The predicted molar refractivity (Wildman–Crippen MR) is 82.9 cm³/mol. The monoisotopic (exact) mass is 289 g/mol. The van der Waals surface area contributed by atoms with E-state index in [4.69, 9.17) is 6.42 Å². The van der Waals surface area contributed by atoms with Crippen LogP contribution in [0.15, 0.2) is 30.3 Å². The second-order valence-electron chi connectivity index (χ2n) is 5.99. The molecular weight excluding hydrogens is 266 g/mol. The Morgan fingerprint density at radius 1 is 1.33 bits per heavy atom. The Labute approximate surface area is 126 Å². The SMILES string of the molecule is C#CCCC(C(O)c1ccccc1)N(C(=O)O)C(C)(C)C. The minimum Gasteiger partial charge on any atom is -0.465 e. The third-order valence-corrected chi connectivity index (χ3v) is 3.35. The zero-order chi connectivity index (χ0) is 16.0. The molecule has 0 aliphatic carbocycles. The van der Waals surface area contributed by atoms with Crippen LogP contribution in [0.4, 0.5) is 4.79 Å². The Morgan fingerprint density at radius 2 is 1.90 bits per heavy atom. The summed E-state index contributed by atoms with van der Waals surface area (Å²) in [6.45, 7) is 5.42. The number of terminal acetylenes is 1. The van der Waals surface area contributed by atoms with Crippen LogP contribution >= 0.6 is 0 Å². The highest BCUT2D eigenvalue weighted by molar-refractivity contribution is 5.66. The molecule has 2 N–H and O–H groups in total. The third-order valence-electron chi connectivity index (χ3n) is 3.35. The van der Waals surface area contributed by atoms with Gasteiger partial charge in [-0.1, -0.05) is 30.3 Å². The van der Waals surface area contributed by atoms with Gasteiger partial charge in [0.1, 0.15) is 0 Å². The van der Waals surface area contributed by atoms with Crippen molar-refractivity contribution in [1.82, 2.24) is 4.90 Å². The number of rotatable bonds is 5. The Balaban J connectivity index is 3.15. The molecule has 21 heavy (non-hydrogen) atoms. The Kier molecular flexibility index (Phi) is 5.80. The molecule has 1 aromatic rings. The number of aliphatic hydroxyl groups is 1. The van der Waals surface area contributed by atoms with Crippen molar-refractivity contribution in [2.45, 2.75) is 51.3 Å². The largest absolute Gasteiger partial charge is 0.465 e. The average molecular weight is 289 g/mol. The van der Waals surface area contributed by atoms with Gasteiger partial charge < -0.3 is 10.2 Å². The van der Waals surface area contributed by atoms with Gasteiger partial charge >= 0.3 is 6.09 Å². The number of hydrogen-bond acceptors (Lipinski definition) is 2. The Hall–Kier alpha value is -1.99. The highest BCUT2D eigenvalue weighted by atomic mass is 16.4. The van der Waals surface area contributed by atoms with Crippen molar-refractivity contribution in [1.29, 1.82) is 0 Å². The number of amides is 1. The number of nitrogens with zero attached hydrogens (tertiary/aromatic N) is 1. The number of benzene rings is 1. The molecule has 114 valence electrons. The summed E-state index contributed by atoms with van der Waals surface area (Å²) in [4.78, 5) is 12.9. The minimum atomic E-state index is -1.06. The van der Waals surface area contributed by atoms with Crippen LogP contribution in [-0.2, 0) is 0 Å². The van der Waals surface area contributed by atoms with E-state index in [0.717, 1.165) is 0 Å². The van der Waals surface area contributed by atoms with Gasteiger partial charge in [0, 0.05) is 12.0 Å². The normalized spacial score (nSPS) is 14.0. The molecule has 1 amide bonds. The third kappa shape index (κ3) is 4.51. The quantitative estimate of drug-likeness (QED) is 0.818. The van der Waals surface area contributed by atoms with Crippen molar-refractivity contribution in [2.24, 2.45) is 0 Å². The van der Waals surface area contributed by atoms with E-state index in [1.165, 1.54) is 4.90 Å². The van der Waals surface area contributed by atoms with Crippen LogP contribution in [0.25, 0.3) is 0 Å². The molecule has 1 aromatic carbocycles. The van der Waals surface area contributed by atoms with Crippen LogP contribution in [0, 0.1) is 12.3 Å². The number of carbonyl (C=O) groups is 1. The fourth-order valence-corrected chi connectivity index (χ4v) is 2.46. The zero-order valence-electron chi connectivity index (χ0n) is 12.8. The van der Waals surface area contributed by atoms with E-state index in [-0.39, 0.29) is 0 Å². The summed E-state index contributed by atoms with van der Waals surface area (Å²) in [5.41, 5.74) is 0.0657. The maximum atomic E-state index is 11.6. The van der Waals surface area contributed by atoms with E-state index in [2.05, 4.69) is 5.92 Å². The Bertz CT molecular complexity index is 499. The molecule has 1 rings (SSSR count). The fraction of sp³-hybridized carbons (Fsp3) is 0.471. The lowest BCUT2D eigenvalue weighted by Crippen LogP contribution is -2.53. The van der Waals surface area contributed by atoms with Crippen LogP contribution in [-0.4, -0.2) is 32.8 Å². The first-order valence-corrected chi connectivity index (χ1v) is 6.97. The van der Waals surface area contributed by atoms with Gasteiger partial charge in [0.15, 0.2) is 0 Å². The summed E-state index contributed by atoms with van der Waals surface area (Å²) >= 11 is 0. The number of aliphatic hydroxyl groups excluding tert-OH is 1. The lowest BCUT2D eigenvalue weighted by Gasteiger charge is -2.41. The van der Waals surface area contributed by atoms with Gasteiger partial charge in [-0.25, -0.2) is 4.79 Å². The summed E-state index contributed by atoms with van der Waals surface area (Å²) in [7, 11) is 0. The molecule has 0 fully saturated rings. The van der Waals surface area contributed by atoms with E-state index >= 15 is 0 Å². The van der Waals surface area contributed by atoms with Crippen LogP contribution < -0.4 is 0 Å². The van der Waals surface area contributed by atoms with Crippen LogP contribution in [0.3, 0.4) is 0 Å². The molecule has 2 atom stereocenters. The van der Waals surface area contributed by atoms with Crippen molar-refractivity contribution in [3.8, 4) is 12.3 Å². The molecule has 0 saturated heterocycles. The molecule has 2 unspecified atom stereocenters. The fourth-order valence-electron chi connectivity index (χ4n) is 2.46. The summed E-state index contributed by atoms with van der Waals surface area (Å²) in [5.74, 6) is 2.52. The minimum absolute atomic E-state index is 0.411. The van der Waals surface area contributed by atoms with E-state index in [1.807, 2.05) is 39.0 Å². The first-order valence-electron chi connectivity index (χ1n) is 6.97. The molecule has 0 aromatic heterocycles. The molecule has 0 heterocycles. The number of hydrogen-bond donors (Lipinski definition) is 2. The molecule has 4 heteroatoms. The van der Waals surface area contributed by atoms with Crippen molar-refractivity contribution >= 4 is 6.09 Å². The molecule has 4 nitrogen and oxygen atoms in total. The van der Waals surface area contributed by atoms with Gasteiger partial charge in [-0.3, -0.25) is 4.90 Å². The molecule has 0 aliphatic heterocycles. The van der Waals surface area contributed by atoms with Crippen LogP contribution in [0.1, 0.15) is 45.3 Å². The highest BCUT2D eigenvalue weighted by Crippen LogP contribution is 2.29. The molecule has 0 bridgehead atoms. The van der Waals surface area contributed by atoms with Crippen LogP contribution in [0.5, 0.6) is 0 Å². The summed E-state index contributed by atoms with van der Waals surface area (Å²) in [6.07, 6.45) is 4.16.